The van der Waals surface area contributed by atoms with Crippen molar-refractivity contribution in [1.29, 1.82) is 0 Å². The molecule has 0 unspecified atom stereocenters. The number of amides is 1. The summed E-state index contributed by atoms with van der Waals surface area (Å²) in [5, 5.41) is 5.94. The average Bonchev–Trinajstić information content (AvgIpc) is 2.90. The molecular weight excluding hydrogens is 304 g/mol. The molecule has 0 aliphatic rings. The quantitative estimate of drug-likeness (QED) is 0.769. The van der Waals surface area contributed by atoms with Crippen molar-refractivity contribution in [2.45, 2.75) is 6.42 Å². The molecule has 1 amide bonds. The number of benzene rings is 2. The van der Waals surface area contributed by atoms with Crippen LogP contribution in [0, 0.1) is 11.6 Å². The van der Waals surface area contributed by atoms with Crippen LogP contribution in [0.3, 0.4) is 0 Å². The van der Waals surface area contributed by atoms with Crippen LogP contribution >= 0.6 is 11.3 Å². The van der Waals surface area contributed by atoms with Crippen molar-refractivity contribution < 1.29 is 13.6 Å². The van der Waals surface area contributed by atoms with E-state index < -0.39 is 17.5 Å². The SMILES string of the molecule is O=C(NCCc1csc2ccccc12)c1cc(F)cc(F)c1. The maximum atomic E-state index is 13.1. The zero-order valence-electron chi connectivity index (χ0n) is 11.6. The summed E-state index contributed by atoms with van der Waals surface area (Å²) in [6.07, 6.45) is 0.674. The second kappa shape index (κ2) is 6.23. The van der Waals surface area contributed by atoms with Gasteiger partial charge in [-0.2, -0.15) is 0 Å². The molecule has 0 aliphatic carbocycles. The van der Waals surface area contributed by atoms with E-state index >= 15 is 0 Å². The van der Waals surface area contributed by atoms with E-state index in [1.165, 1.54) is 10.1 Å². The highest BCUT2D eigenvalue weighted by molar-refractivity contribution is 7.17. The summed E-state index contributed by atoms with van der Waals surface area (Å²) in [6, 6.07) is 10.9. The van der Waals surface area contributed by atoms with Crippen LogP contribution in [0.1, 0.15) is 15.9 Å². The van der Waals surface area contributed by atoms with Crippen molar-refractivity contribution in [2.75, 3.05) is 6.54 Å². The minimum absolute atomic E-state index is 0.00678. The number of hydrogen-bond acceptors (Lipinski definition) is 2. The molecule has 0 aliphatic heterocycles. The van der Waals surface area contributed by atoms with Crippen LogP contribution in [0.4, 0.5) is 8.78 Å². The minimum atomic E-state index is -0.756. The molecule has 0 bridgehead atoms. The van der Waals surface area contributed by atoms with E-state index in [4.69, 9.17) is 0 Å². The number of carbonyl (C=O) groups is 1. The number of fused-ring (bicyclic) bond motifs is 1. The fraction of sp³-hybridized carbons (Fsp3) is 0.118. The predicted octanol–water partition coefficient (Wildman–Crippen LogP) is 4.15. The van der Waals surface area contributed by atoms with Gasteiger partial charge in [0, 0.05) is 22.9 Å². The van der Waals surface area contributed by atoms with E-state index in [-0.39, 0.29) is 5.56 Å². The Hall–Kier alpha value is -2.27. The lowest BCUT2D eigenvalue weighted by molar-refractivity contribution is 0.0953. The van der Waals surface area contributed by atoms with Gasteiger partial charge >= 0.3 is 0 Å². The highest BCUT2D eigenvalue weighted by Gasteiger charge is 2.09. The molecule has 3 aromatic rings. The lowest BCUT2D eigenvalue weighted by Gasteiger charge is -2.05. The second-order valence-corrected chi connectivity index (χ2v) is 5.83. The smallest absolute Gasteiger partial charge is 0.251 e. The summed E-state index contributed by atoms with van der Waals surface area (Å²) < 4.78 is 27.4. The van der Waals surface area contributed by atoms with Crippen molar-refractivity contribution in [2.24, 2.45) is 0 Å². The molecule has 2 aromatic carbocycles. The van der Waals surface area contributed by atoms with Crippen LogP contribution in [0.5, 0.6) is 0 Å². The number of thiophene rings is 1. The molecule has 0 fully saturated rings. The molecule has 0 atom stereocenters. The zero-order valence-corrected chi connectivity index (χ0v) is 12.4. The van der Waals surface area contributed by atoms with Crippen LogP contribution in [0.25, 0.3) is 10.1 Å². The van der Waals surface area contributed by atoms with Crippen LogP contribution < -0.4 is 5.32 Å². The monoisotopic (exact) mass is 317 g/mol. The first-order valence-electron chi connectivity index (χ1n) is 6.83. The second-order valence-electron chi connectivity index (χ2n) is 4.92. The maximum Gasteiger partial charge on any atom is 0.251 e. The Bertz CT molecular complexity index is 808. The molecule has 0 radical (unpaired) electrons. The predicted molar refractivity (Wildman–Crippen MR) is 84.2 cm³/mol. The van der Waals surface area contributed by atoms with E-state index in [1.807, 2.05) is 18.2 Å². The van der Waals surface area contributed by atoms with Gasteiger partial charge in [0.2, 0.25) is 0 Å². The number of nitrogens with one attached hydrogen (secondary N) is 1. The Morgan fingerprint density at radius 2 is 1.82 bits per heavy atom. The van der Waals surface area contributed by atoms with Crippen molar-refractivity contribution in [3.63, 3.8) is 0 Å². The third kappa shape index (κ3) is 3.14. The van der Waals surface area contributed by atoms with E-state index in [9.17, 15) is 13.6 Å². The van der Waals surface area contributed by atoms with Gasteiger partial charge in [-0.05, 0) is 40.9 Å². The van der Waals surface area contributed by atoms with E-state index in [1.54, 1.807) is 11.3 Å². The Kier molecular flexibility index (Phi) is 4.15. The molecule has 1 N–H and O–H groups in total. The van der Waals surface area contributed by atoms with Crippen LogP contribution in [0.15, 0.2) is 47.8 Å². The van der Waals surface area contributed by atoms with Gasteiger partial charge in [-0.15, -0.1) is 11.3 Å². The first-order valence-corrected chi connectivity index (χ1v) is 7.71. The van der Waals surface area contributed by atoms with Gasteiger partial charge in [-0.3, -0.25) is 4.79 Å². The normalized spacial score (nSPS) is 10.8. The first kappa shape index (κ1) is 14.7. The first-order chi connectivity index (χ1) is 10.6. The minimum Gasteiger partial charge on any atom is -0.352 e. The lowest BCUT2D eigenvalue weighted by atomic mass is 10.1. The van der Waals surface area contributed by atoms with Gasteiger partial charge in [0.05, 0.1) is 0 Å². The molecule has 22 heavy (non-hydrogen) atoms. The highest BCUT2D eigenvalue weighted by Crippen LogP contribution is 2.25. The van der Waals surface area contributed by atoms with Crippen LogP contribution in [-0.4, -0.2) is 12.5 Å². The Morgan fingerprint density at radius 3 is 2.59 bits per heavy atom. The Morgan fingerprint density at radius 1 is 1.09 bits per heavy atom. The van der Waals surface area contributed by atoms with Crippen LogP contribution in [-0.2, 0) is 6.42 Å². The van der Waals surface area contributed by atoms with E-state index in [2.05, 4.69) is 16.8 Å². The fourth-order valence-corrected chi connectivity index (χ4v) is 3.32. The topological polar surface area (TPSA) is 29.1 Å². The zero-order chi connectivity index (χ0) is 15.5. The highest BCUT2D eigenvalue weighted by atomic mass is 32.1. The molecule has 0 saturated heterocycles. The van der Waals surface area contributed by atoms with Gasteiger partial charge in [0.25, 0.3) is 5.91 Å². The molecule has 112 valence electrons. The summed E-state index contributed by atoms with van der Waals surface area (Å²) in [6.45, 7) is 0.414. The molecule has 5 heteroatoms. The lowest BCUT2D eigenvalue weighted by Crippen LogP contribution is -2.25. The molecule has 2 nitrogen and oxygen atoms in total. The van der Waals surface area contributed by atoms with Crippen molar-refractivity contribution >= 4 is 27.3 Å². The standard InChI is InChI=1S/C17H13F2NOS/c18-13-7-12(8-14(19)9-13)17(21)20-6-5-11-10-22-16-4-2-1-3-15(11)16/h1-4,7-10H,5-6H2,(H,20,21). The molecule has 1 heterocycles. The molecule has 0 spiro atoms. The largest absolute Gasteiger partial charge is 0.352 e. The van der Waals surface area contributed by atoms with E-state index in [0.29, 0.717) is 13.0 Å². The summed E-state index contributed by atoms with van der Waals surface area (Å²) in [4.78, 5) is 11.9. The van der Waals surface area contributed by atoms with Gasteiger partial charge in [0.15, 0.2) is 0 Å². The van der Waals surface area contributed by atoms with Crippen molar-refractivity contribution in [1.82, 2.24) is 5.32 Å². The van der Waals surface area contributed by atoms with Gasteiger partial charge in [-0.25, -0.2) is 8.78 Å². The number of carbonyl (C=O) groups excluding carboxylic acids is 1. The van der Waals surface area contributed by atoms with Crippen molar-refractivity contribution in [3.05, 3.63) is 70.6 Å². The average molecular weight is 317 g/mol. The summed E-state index contributed by atoms with van der Waals surface area (Å²) in [5.41, 5.74) is 1.15. The summed E-state index contributed by atoms with van der Waals surface area (Å²) in [5.74, 6) is -1.99. The summed E-state index contributed by atoms with van der Waals surface area (Å²) in [7, 11) is 0. The molecule has 1 aromatic heterocycles. The summed E-state index contributed by atoms with van der Waals surface area (Å²) >= 11 is 1.66. The molecule has 0 saturated carbocycles. The number of halogens is 2. The number of rotatable bonds is 4. The van der Waals surface area contributed by atoms with Gasteiger partial charge in [-0.1, -0.05) is 18.2 Å². The Balaban J connectivity index is 1.64. The number of hydrogen-bond donors (Lipinski definition) is 1. The fourth-order valence-electron chi connectivity index (χ4n) is 2.32. The third-order valence-corrected chi connectivity index (χ3v) is 4.38. The Labute approximate surface area is 130 Å². The van der Waals surface area contributed by atoms with Crippen LogP contribution in [0.2, 0.25) is 0 Å². The van der Waals surface area contributed by atoms with Crippen molar-refractivity contribution in [3.8, 4) is 0 Å². The van der Waals surface area contributed by atoms with E-state index in [0.717, 1.165) is 23.8 Å². The maximum absolute atomic E-state index is 13.1. The molecular formula is C17H13F2NOS. The molecule has 3 rings (SSSR count). The third-order valence-electron chi connectivity index (χ3n) is 3.37. The van der Waals surface area contributed by atoms with Gasteiger partial charge < -0.3 is 5.32 Å². The van der Waals surface area contributed by atoms with Gasteiger partial charge in [0.1, 0.15) is 11.6 Å².